The Bertz CT molecular complexity index is 462. The van der Waals surface area contributed by atoms with Crippen LogP contribution in [0.5, 0.6) is 0 Å². The molecule has 0 aliphatic carbocycles. The maximum Gasteiger partial charge on any atom is 0.286 e. The molecule has 0 unspecified atom stereocenters. The molecule has 1 N–H and O–H groups in total. The van der Waals surface area contributed by atoms with Crippen molar-refractivity contribution in [1.82, 2.24) is 10.3 Å². The fourth-order valence-corrected chi connectivity index (χ4v) is 2.13. The molecule has 0 radical (unpaired) electrons. The number of nitrogens with zero attached hydrogens (tertiary/aromatic N) is 1. The highest BCUT2D eigenvalue weighted by Gasteiger charge is 2.08. The van der Waals surface area contributed by atoms with Gasteiger partial charge in [-0.1, -0.05) is 0 Å². The summed E-state index contributed by atoms with van der Waals surface area (Å²) in [5.74, 6) is 0.174. The first-order valence-electron chi connectivity index (χ1n) is 4.98. The van der Waals surface area contributed by atoms with Crippen LogP contribution >= 0.6 is 11.3 Å². The van der Waals surface area contributed by atoms with Crippen LogP contribution in [0.1, 0.15) is 21.1 Å². The summed E-state index contributed by atoms with van der Waals surface area (Å²) in [6, 6.07) is 3.34. The Morgan fingerprint density at radius 3 is 3.12 bits per heavy atom. The van der Waals surface area contributed by atoms with Crippen molar-refractivity contribution in [1.29, 1.82) is 0 Å². The van der Waals surface area contributed by atoms with Gasteiger partial charge in [-0.15, -0.1) is 11.3 Å². The van der Waals surface area contributed by atoms with Crippen LogP contribution in [0.15, 0.2) is 28.3 Å². The summed E-state index contributed by atoms with van der Waals surface area (Å²) in [7, 11) is 0. The fraction of sp³-hybridized carbons (Fsp3) is 0.273. The highest BCUT2D eigenvalue weighted by atomic mass is 32.1. The molecule has 16 heavy (non-hydrogen) atoms. The van der Waals surface area contributed by atoms with E-state index in [4.69, 9.17) is 4.42 Å². The van der Waals surface area contributed by atoms with Gasteiger partial charge in [-0.2, -0.15) is 0 Å². The molecule has 0 saturated heterocycles. The molecule has 0 aromatic carbocycles. The molecule has 4 nitrogen and oxygen atoms in total. The maximum absolute atomic E-state index is 11.5. The minimum Gasteiger partial charge on any atom is -0.459 e. The minimum absolute atomic E-state index is 0.174. The minimum atomic E-state index is -0.174. The van der Waals surface area contributed by atoms with Crippen LogP contribution in [0.25, 0.3) is 0 Å². The second-order valence-electron chi connectivity index (χ2n) is 3.34. The predicted octanol–water partition coefficient (Wildman–Crippen LogP) is 2.02. The third kappa shape index (κ3) is 2.49. The molecular weight excluding hydrogens is 224 g/mol. The molecule has 2 rings (SSSR count). The quantitative estimate of drug-likeness (QED) is 0.883. The highest BCUT2D eigenvalue weighted by molar-refractivity contribution is 7.09. The van der Waals surface area contributed by atoms with E-state index in [-0.39, 0.29) is 5.91 Å². The van der Waals surface area contributed by atoms with E-state index in [1.54, 1.807) is 23.5 Å². The van der Waals surface area contributed by atoms with Gasteiger partial charge in [0.05, 0.1) is 17.5 Å². The van der Waals surface area contributed by atoms with Crippen LogP contribution in [0.4, 0.5) is 0 Å². The molecule has 0 atom stereocenters. The molecule has 2 heterocycles. The maximum atomic E-state index is 11.5. The second kappa shape index (κ2) is 4.94. The smallest absolute Gasteiger partial charge is 0.286 e. The molecule has 2 aromatic heterocycles. The monoisotopic (exact) mass is 236 g/mol. The van der Waals surface area contributed by atoms with E-state index in [0.717, 1.165) is 12.1 Å². The molecule has 0 aliphatic rings. The van der Waals surface area contributed by atoms with Crippen LogP contribution in [-0.4, -0.2) is 17.4 Å². The van der Waals surface area contributed by atoms with E-state index in [1.807, 2.05) is 12.4 Å². The van der Waals surface area contributed by atoms with Gasteiger partial charge >= 0.3 is 0 Å². The van der Waals surface area contributed by atoms with Gasteiger partial charge in [0.1, 0.15) is 0 Å². The van der Waals surface area contributed by atoms with Gasteiger partial charge < -0.3 is 9.73 Å². The topological polar surface area (TPSA) is 55.1 Å². The number of rotatable bonds is 4. The van der Waals surface area contributed by atoms with E-state index in [2.05, 4.69) is 10.3 Å². The summed E-state index contributed by atoms with van der Waals surface area (Å²) in [5.41, 5.74) is 2.86. The van der Waals surface area contributed by atoms with Gasteiger partial charge in [0.2, 0.25) is 0 Å². The van der Waals surface area contributed by atoms with Gasteiger partial charge in [0.25, 0.3) is 5.91 Å². The van der Waals surface area contributed by atoms with Gasteiger partial charge in [0, 0.05) is 17.8 Å². The zero-order valence-electron chi connectivity index (χ0n) is 8.90. The summed E-state index contributed by atoms with van der Waals surface area (Å²) in [6.07, 6.45) is 2.30. The summed E-state index contributed by atoms with van der Waals surface area (Å²) < 4.78 is 4.98. The zero-order valence-corrected chi connectivity index (χ0v) is 9.71. The van der Waals surface area contributed by atoms with Crippen LogP contribution in [-0.2, 0) is 6.42 Å². The number of carbonyl (C=O) groups excluding carboxylic acids is 1. The van der Waals surface area contributed by atoms with Crippen molar-refractivity contribution in [3.8, 4) is 0 Å². The number of furan rings is 1. The summed E-state index contributed by atoms with van der Waals surface area (Å²) >= 11 is 1.61. The van der Waals surface area contributed by atoms with E-state index in [9.17, 15) is 4.79 Å². The summed E-state index contributed by atoms with van der Waals surface area (Å²) in [5, 5.41) is 2.80. The van der Waals surface area contributed by atoms with E-state index in [0.29, 0.717) is 12.3 Å². The van der Waals surface area contributed by atoms with Crippen molar-refractivity contribution >= 4 is 17.2 Å². The number of nitrogens with one attached hydrogen (secondary N) is 1. The number of carbonyl (C=O) groups is 1. The summed E-state index contributed by atoms with van der Waals surface area (Å²) in [4.78, 5) is 16.9. The molecular formula is C11H12N2O2S. The third-order valence-corrected chi connectivity index (χ3v) is 3.22. The van der Waals surface area contributed by atoms with Crippen LogP contribution in [0.2, 0.25) is 0 Å². The Morgan fingerprint density at radius 1 is 1.62 bits per heavy atom. The second-order valence-corrected chi connectivity index (χ2v) is 4.28. The molecule has 0 fully saturated rings. The van der Waals surface area contributed by atoms with Gasteiger partial charge in [-0.25, -0.2) is 4.98 Å². The number of aryl methyl sites for hydroxylation is 1. The Morgan fingerprint density at radius 2 is 2.50 bits per heavy atom. The molecule has 0 aliphatic heterocycles. The SMILES string of the molecule is Cc1ncsc1CCNC(=O)c1ccco1. The highest BCUT2D eigenvalue weighted by Crippen LogP contribution is 2.12. The van der Waals surface area contributed by atoms with Crippen molar-refractivity contribution in [2.24, 2.45) is 0 Å². The molecule has 1 amide bonds. The molecule has 0 bridgehead atoms. The fourth-order valence-electron chi connectivity index (χ4n) is 1.35. The first-order chi connectivity index (χ1) is 7.77. The van der Waals surface area contributed by atoms with Crippen molar-refractivity contribution in [3.63, 3.8) is 0 Å². The Hall–Kier alpha value is -1.62. The van der Waals surface area contributed by atoms with Gasteiger partial charge in [-0.3, -0.25) is 4.79 Å². The lowest BCUT2D eigenvalue weighted by Crippen LogP contribution is -2.25. The average Bonchev–Trinajstić information content (AvgIpc) is 2.90. The van der Waals surface area contributed by atoms with Crippen molar-refractivity contribution in [2.45, 2.75) is 13.3 Å². The number of hydrogen-bond donors (Lipinski definition) is 1. The van der Waals surface area contributed by atoms with Crippen LogP contribution < -0.4 is 5.32 Å². The molecule has 2 aromatic rings. The van der Waals surface area contributed by atoms with Crippen LogP contribution in [0.3, 0.4) is 0 Å². The first-order valence-corrected chi connectivity index (χ1v) is 5.86. The Balaban J connectivity index is 1.81. The Labute approximate surface area is 97.3 Å². The van der Waals surface area contributed by atoms with Crippen molar-refractivity contribution in [3.05, 3.63) is 40.2 Å². The van der Waals surface area contributed by atoms with E-state index in [1.165, 1.54) is 11.1 Å². The number of aromatic nitrogens is 1. The third-order valence-electron chi connectivity index (χ3n) is 2.23. The van der Waals surface area contributed by atoms with Crippen LogP contribution in [0, 0.1) is 6.92 Å². The lowest BCUT2D eigenvalue weighted by molar-refractivity contribution is 0.0926. The number of thiazole rings is 1. The van der Waals surface area contributed by atoms with Gasteiger partial charge in [0.15, 0.2) is 5.76 Å². The summed E-state index contributed by atoms with van der Waals surface area (Å²) in [6.45, 7) is 2.57. The number of hydrogen-bond acceptors (Lipinski definition) is 4. The largest absolute Gasteiger partial charge is 0.459 e. The normalized spacial score (nSPS) is 10.3. The molecule has 0 saturated carbocycles. The Kier molecular flexibility index (Phi) is 3.36. The molecule has 0 spiro atoms. The molecule has 84 valence electrons. The standard InChI is InChI=1S/C11H12N2O2S/c1-8-10(16-7-13-8)4-5-12-11(14)9-3-2-6-15-9/h2-3,6-7H,4-5H2,1H3,(H,12,14). The van der Waals surface area contributed by atoms with Gasteiger partial charge in [-0.05, 0) is 19.1 Å². The zero-order chi connectivity index (χ0) is 11.4. The first kappa shape index (κ1) is 10.9. The lowest BCUT2D eigenvalue weighted by Gasteiger charge is -2.01. The van der Waals surface area contributed by atoms with Crippen molar-refractivity contribution in [2.75, 3.05) is 6.54 Å². The van der Waals surface area contributed by atoms with Crippen molar-refractivity contribution < 1.29 is 9.21 Å². The van der Waals surface area contributed by atoms with E-state index >= 15 is 0 Å². The molecule has 5 heteroatoms. The number of amides is 1. The lowest BCUT2D eigenvalue weighted by atomic mass is 10.3. The average molecular weight is 236 g/mol. The van der Waals surface area contributed by atoms with E-state index < -0.39 is 0 Å². The predicted molar refractivity (Wildman–Crippen MR) is 61.6 cm³/mol.